The summed E-state index contributed by atoms with van der Waals surface area (Å²) in [6.45, 7) is 5.01. The molecule has 128 valence electrons. The molecule has 0 aromatic heterocycles. The Labute approximate surface area is 137 Å². The Morgan fingerprint density at radius 3 is 2.48 bits per heavy atom. The van der Waals surface area contributed by atoms with Gasteiger partial charge in [0.2, 0.25) is 10.0 Å². The molecule has 1 aromatic carbocycles. The second-order valence-electron chi connectivity index (χ2n) is 5.52. The molecular weight excluding hydrogens is 318 g/mol. The van der Waals surface area contributed by atoms with Gasteiger partial charge < -0.3 is 10.1 Å². The predicted molar refractivity (Wildman–Crippen MR) is 89.1 cm³/mol. The number of morpholine rings is 1. The van der Waals surface area contributed by atoms with Crippen LogP contribution in [0.3, 0.4) is 0 Å². The highest BCUT2D eigenvalue weighted by Gasteiger charge is 2.10. The Morgan fingerprint density at radius 1 is 1.22 bits per heavy atom. The van der Waals surface area contributed by atoms with Crippen LogP contribution in [0.15, 0.2) is 24.3 Å². The van der Waals surface area contributed by atoms with Gasteiger partial charge in [-0.2, -0.15) is 0 Å². The molecule has 2 N–H and O–H groups in total. The molecular formula is C15H23N3O4S. The number of nitrogens with one attached hydrogen (secondary N) is 2. The number of sulfonamides is 1. The quantitative estimate of drug-likeness (QED) is 0.706. The molecule has 1 aliphatic heterocycles. The zero-order chi connectivity index (χ0) is 16.7. The molecule has 1 saturated heterocycles. The summed E-state index contributed by atoms with van der Waals surface area (Å²) < 4.78 is 29.9. The molecule has 0 radical (unpaired) electrons. The molecule has 1 aromatic rings. The molecule has 0 atom stereocenters. The number of ether oxygens (including phenoxy) is 1. The van der Waals surface area contributed by atoms with Crippen LogP contribution in [0.5, 0.6) is 0 Å². The lowest BCUT2D eigenvalue weighted by atomic mass is 10.2. The second kappa shape index (κ2) is 8.28. The lowest BCUT2D eigenvalue weighted by molar-refractivity contribution is 0.0374. The number of benzene rings is 1. The molecule has 0 aliphatic carbocycles. The van der Waals surface area contributed by atoms with Gasteiger partial charge in [-0.1, -0.05) is 0 Å². The molecule has 1 fully saturated rings. The Bertz CT molecular complexity index is 610. The number of hydrogen-bond acceptors (Lipinski definition) is 5. The third kappa shape index (κ3) is 6.55. The Balaban J connectivity index is 1.72. The number of hydrogen-bond donors (Lipinski definition) is 2. The van der Waals surface area contributed by atoms with Crippen molar-refractivity contribution in [1.82, 2.24) is 10.2 Å². The van der Waals surface area contributed by atoms with Gasteiger partial charge in [0.25, 0.3) is 5.91 Å². The maximum absolute atomic E-state index is 12.0. The number of carbonyl (C=O) groups excluding carboxylic acids is 1. The van der Waals surface area contributed by atoms with Crippen molar-refractivity contribution in [3.63, 3.8) is 0 Å². The molecule has 7 nitrogen and oxygen atoms in total. The summed E-state index contributed by atoms with van der Waals surface area (Å²) in [5, 5.41) is 2.87. The summed E-state index contributed by atoms with van der Waals surface area (Å²) in [5.74, 6) is -0.155. The van der Waals surface area contributed by atoms with Crippen LogP contribution in [0.2, 0.25) is 0 Å². The molecule has 0 bridgehead atoms. The van der Waals surface area contributed by atoms with E-state index in [2.05, 4.69) is 14.9 Å². The van der Waals surface area contributed by atoms with Crippen LogP contribution in [0, 0.1) is 0 Å². The largest absolute Gasteiger partial charge is 0.379 e. The van der Waals surface area contributed by atoms with Crippen LogP contribution in [0.1, 0.15) is 16.8 Å². The van der Waals surface area contributed by atoms with Crippen LogP contribution < -0.4 is 10.0 Å². The third-order valence-corrected chi connectivity index (χ3v) is 4.10. The normalized spacial score (nSPS) is 16.0. The molecule has 0 saturated carbocycles. The first kappa shape index (κ1) is 17.7. The fourth-order valence-corrected chi connectivity index (χ4v) is 2.90. The van der Waals surface area contributed by atoms with E-state index in [1.54, 1.807) is 24.3 Å². The van der Waals surface area contributed by atoms with Crippen LogP contribution in [-0.4, -0.2) is 64.9 Å². The SMILES string of the molecule is CS(=O)(=O)Nc1ccc(C(=O)NCCCN2CCOCC2)cc1. The summed E-state index contributed by atoms with van der Waals surface area (Å²) in [6.07, 6.45) is 1.97. The highest BCUT2D eigenvalue weighted by Crippen LogP contribution is 2.10. The van der Waals surface area contributed by atoms with E-state index >= 15 is 0 Å². The van der Waals surface area contributed by atoms with Crippen molar-refractivity contribution in [2.75, 3.05) is 50.4 Å². The summed E-state index contributed by atoms with van der Waals surface area (Å²) in [5.41, 5.74) is 0.951. The molecule has 0 unspecified atom stereocenters. The van der Waals surface area contributed by atoms with Gasteiger partial charge in [0.15, 0.2) is 0 Å². The Morgan fingerprint density at radius 2 is 1.87 bits per heavy atom. The van der Waals surface area contributed by atoms with Gasteiger partial charge in [-0.15, -0.1) is 0 Å². The Hall–Kier alpha value is -1.64. The molecule has 23 heavy (non-hydrogen) atoms. The molecule has 1 amide bonds. The van der Waals surface area contributed by atoms with Gasteiger partial charge in [-0.05, 0) is 37.2 Å². The smallest absolute Gasteiger partial charge is 0.251 e. The van der Waals surface area contributed by atoms with Gasteiger partial charge >= 0.3 is 0 Å². The standard InChI is InChI=1S/C15H23N3O4S/c1-23(20,21)17-14-5-3-13(4-6-14)15(19)16-7-2-8-18-9-11-22-12-10-18/h3-6,17H,2,7-12H2,1H3,(H,16,19). The lowest BCUT2D eigenvalue weighted by Gasteiger charge is -2.26. The van der Waals surface area contributed by atoms with E-state index in [1.165, 1.54) is 0 Å². The zero-order valence-corrected chi connectivity index (χ0v) is 14.1. The number of amides is 1. The average Bonchev–Trinajstić information content (AvgIpc) is 2.51. The third-order valence-electron chi connectivity index (χ3n) is 3.49. The van der Waals surface area contributed by atoms with E-state index in [-0.39, 0.29) is 5.91 Å². The van der Waals surface area contributed by atoms with Crippen molar-refractivity contribution in [1.29, 1.82) is 0 Å². The monoisotopic (exact) mass is 341 g/mol. The van der Waals surface area contributed by atoms with Crippen LogP contribution in [-0.2, 0) is 14.8 Å². The van der Waals surface area contributed by atoms with Gasteiger partial charge in [-0.3, -0.25) is 14.4 Å². The maximum Gasteiger partial charge on any atom is 0.251 e. The van der Waals surface area contributed by atoms with Crippen LogP contribution in [0.4, 0.5) is 5.69 Å². The number of nitrogens with zero attached hydrogens (tertiary/aromatic N) is 1. The second-order valence-corrected chi connectivity index (χ2v) is 7.26. The molecule has 1 heterocycles. The van der Waals surface area contributed by atoms with E-state index in [0.29, 0.717) is 17.8 Å². The van der Waals surface area contributed by atoms with Crippen molar-refractivity contribution < 1.29 is 17.9 Å². The minimum Gasteiger partial charge on any atom is -0.379 e. The lowest BCUT2D eigenvalue weighted by Crippen LogP contribution is -2.38. The van der Waals surface area contributed by atoms with E-state index in [1.807, 2.05) is 0 Å². The van der Waals surface area contributed by atoms with E-state index in [0.717, 1.165) is 45.5 Å². The first-order chi connectivity index (χ1) is 10.9. The summed E-state index contributed by atoms with van der Waals surface area (Å²) in [4.78, 5) is 14.3. The van der Waals surface area contributed by atoms with Crippen molar-refractivity contribution in [3.8, 4) is 0 Å². The number of anilines is 1. The topological polar surface area (TPSA) is 87.7 Å². The number of rotatable bonds is 7. The fraction of sp³-hybridized carbons (Fsp3) is 0.533. The van der Waals surface area contributed by atoms with Gasteiger partial charge in [0.1, 0.15) is 0 Å². The van der Waals surface area contributed by atoms with E-state index in [9.17, 15) is 13.2 Å². The summed E-state index contributed by atoms with van der Waals surface area (Å²) in [6, 6.07) is 6.35. The predicted octanol–water partition coefficient (Wildman–Crippen LogP) is 0.510. The van der Waals surface area contributed by atoms with Gasteiger partial charge in [0.05, 0.1) is 19.5 Å². The maximum atomic E-state index is 12.0. The molecule has 8 heteroatoms. The van der Waals surface area contributed by atoms with Crippen molar-refractivity contribution >= 4 is 21.6 Å². The van der Waals surface area contributed by atoms with Gasteiger partial charge in [-0.25, -0.2) is 8.42 Å². The minimum absolute atomic E-state index is 0.155. The van der Waals surface area contributed by atoms with E-state index in [4.69, 9.17) is 4.74 Å². The number of carbonyl (C=O) groups is 1. The van der Waals surface area contributed by atoms with E-state index < -0.39 is 10.0 Å². The fourth-order valence-electron chi connectivity index (χ4n) is 2.34. The first-order valence-corrected chi connectivity index (χ1v) is 9.49. The Kier molecular flexibility index (Phi) is 6.37. The average molecular weight is 341 g/mol. The van der Waals surface area contributed by atoms with Crippen molar-refractivity contribution in [2.24, 2.45) is 0 Å². The molecule has 0 spiro atoms. The van der Waals surface area contributed by atoms with Crippen molar-refractivity contribution in [3.05, 3.63) is 29.8 Å². The van der Waals surface area contributed by atoms with Crippen molar-refractivity contribution in [2.45, 2.75) is 6.42 Å². The summed E-state index contributed by atoms with van der Waals surface area (Å²) in [7, 11) is -3.30. The molecule has 2 rings (SSSR count). The highest BCUT2D eigenvalue weighted by molar-refractivity contribution is 7.92. The summed E-state index contributed by atoms with van der Waals surface area (Å²) >= 11 is 0. The minimum atomic E-state index is -3.30. The van der Waals surface area contributed by atoms with Crippen LogP contribution >= 0.6 is 0 Å². The van der Waals surface area contributed by atoms with Gasteiger partial charge in [0, 0.05) is 30.9 Å². The van der Waals surface area contributed by atoms with Crippen LogP contribution in [0.25, 0.3) is 0 Å². The molecule has 1 aliphatic rings. The first-order valence-electron chi connectivity index (χ1n) is 7.60. The zero-order valence-electron chi connectivity index (χ0n) is 13.2. The highest BCUT2D eigenvalue weighted by atomic mass is 32.2.